The Morgan fingerprint density at radius 1 is 1.17 bits per heavy atom. The third kappa shape index (κ3) is 3.55. The topological polar surface area (TPSA) is 88.2 Å². The summed E-state index contributed by atoms with van der Waals surface area (Å²) >= 11 is 1.51. The van der Waals surface area contributed by atoms with Gasteiger partial charge in [-0.15, -0.1) is 0 Å². The van der Waals surface area contributed by atoms with Gasteiger partial charge in [0.15, 0.2) is 5.17 Å². The Kier molecular flexibility index (Phi) is 5.19. The lowest BCUT2D eigenvalue weighted by Gasteiger charge is -2.33. The molecule has 0 aliphatic carbocycles. The Bertz CT molecular complexity index is 1030. The average Bonchev–Trinajstić information content (AvgIpc) is 3.09. The number of carbonyl (C=O) groups excluding carboxylic acids is 1. The van der Waals surface area contributed by atoms with Gasteiger partial charge in [-0.2, -0.15) is 4.99 Å². The Labute approximate surface area is 172 Å². The summed E-state index contributed by atoms with van der Waals surface area (Å²) in [5.41, 5.74) is 2.68. The van der Waals surface area contributed by atoms with Gasteiger partial charge in [-0.25, -0.2) is 4.99 Å². The monoisotopic (exact) mass is 408 g/mol. The molecule has 0 saturated carbocycles. The number of nitro groups is 1. The molecule has 0 spiro atoms. The Hall–Kier alpha value is -3.00. The molecule has 4 rings (SSSR count). The van der Waals surface area contributed by atoms with Crippen LogP contribution >= 0.6 is 11.8 Å². The highest BCUT2D eigenvalue weighted by Crippen LogP contribution is 2.37. The number of para-hydroxylation sites is 1. The Balaban J connectivity index is 1.65. The maximum Gasteiger partial charge on any atom is 0.271 e. The minimum atomic E-state index is -0.408. The van der Waals surface area contributed by atoms with Crippen molar-refractivity contribution in [3.63, 3.8) is 0 Å². The first kappa shape index (κ1) is 19.3. The number of thioether (sulfide) groups is 1. The van der Waals surface area contributed by atoms with Gasteiger partial charge >= 0.3 is 0 Å². The highest BCUT2D eigenvalue weighted by atomic mass is 32.2. The molecule has 2 aliphatic rings. The molecule has 1 amide bonds. The third-order valence-corrected chi connectivity index (χ3v) is 6.26. The lowest BCUT2D eigenvalue weighted by Crippen LogP contribution is -2.46. The molecule has 0 radical (unpaired) electrons. The molecule has 2 aromatic rings. The van der Waals surface area contributed by atoms with Gasteiger partial charge in [-0.1, -0.05) is 56.3 Å². The fourth-order valence-corrected chi connectivity index (χ4v) is 4.46. The van der Waals surface area contributed by atoms with E-state index in [0.29, 0.717) is 11.6 Å². The first-order chi connectivity index (χ1) is 14.0. The number of fused-ring (bicyclic) bond motifs is 3. The van der Waals surface area contributed by atoms with Crippen LogP contribution in [-0.2, 0) is 10.5 Å². The van der Waals surface area contributed by atoms with Gasteiger partial charge < -0.3 is 0 Å². The molecule has 0 fully saturated rings. The van der Waals surface area contributed by atoms with Gasteiger partial charge in [0.2, 0.25) is 0 Å². The van der Waals surface area contributed by atoms with Crippen LogP contribution in [0.15, 0.2) is 58.5 Å². The van der Waals surface area contributed by atoms with Crippen LogP contribution in [0.3, 0.4) is 0 Å². The maximum atomic E-state index is 12.7. The Morgan fingerprint density at radius 2 is 1.90 bits per heavy atom. The number of hydrogen-bond donors (Lipinski definition) is 0. The molecule has 2 aromatic carbocycles. The molecular formula is C21H20N4O3S. The molecule has 0 N–H and O–H groups in total. The van der Waals surface area contributed by atoms with Crippen LogP contribution in [0.5, 0.6) is 0 Å². The third-order valence-electron chi connectivity index (χ3n) is 5.24. The van der Waals surface area contributed by atoms with Crippen molar-refractivity contribution in [2.24, 2.45) is 15.9 Å². The molecule has 148 valence electrons. The Morgan fingerprint density at radius 3 is 2.59 bits per heavy atom. The van der Waals surface area contributed by atoms with Crippen LogP contribution in [0, 0.1) is 16.0 Å². The largest absolute Gasteiger partial charge is 0.292 e. The molecule has 2 atom stereocenters. The van der Waals surface area contributed by atoms with Gasteiger partial charge in [0.1, 0.15) is 11.9 Å². The summed E-state index contributed by atoms with van der Waals surface area (Å²) in [4.78, 5) is 34.3. The highest BCUT2D eigenvalue weighted by Gasteiger charge is 2.43. The van der Waals surface area contributed by atoms with Crippen molar-refractivity contribution >= 4 is 40.0 Å². The van der Waals surface area contributed by atoms with Crippen molar-refractivity contribution in [2.45, 2.75) is 32.1 Å². The van der Waals surface area contributed by atoms with Crippen LogP contribution in [0.2, 0.25) is 0 Å². The zero-order chi connectivity index (χ0) is 20.5. The molecule has 2 aliphatic heterocycles. The van der Waals surface area contributed by atoms with Gasteiger partial charge in [0, 0.05) is 23.4 Å². The van der Waals surface area contributed by atoms with Crippen molar-refractivity contribution in [3.05, 3.63) is 69.8 Å². The van der Waals surface area contributed by atoms with E-state index >= 15 is 0 Å². The van der Waals surface area contributed by atoms with Crippen LogP contribution in [0.1, 0.15) is 31.4 Å². The predicted molar refractivity (Wildman–Crippen MR) is 115 cm³/mol. The lowest BCUT2D eigenvalue weighted by molar-refractivity contribution is -0.384. The van der Waals surface area contributed by atoms with Gasteiger partial charge in [-0.3, -0.25) is 19.8 Å². The van der Waals surface area contributed by atoms with E-state index in [9.17, 15) is 14.9 Å². The van der Waals surface area contributed by atoms with Crippen molar-refractivity contribution in [2.75, 3.05) is 0 Å². The number of rotatable bonds is 5. The SMILES string of the molecule is CCC(C)C1C(=O)N=C2c3ccccc3N=C(SCc3ccc([N+](=O)[O-])cc3)N21. The number of nitrogens with zero attached hydrogens (tertiary/aromatic N) is 4. The quantitative estimate of drug-likeness (QED) is 0.536. The van der Waals surface area contributed by atoms with Crippen LogP contribution < -0.4 is 0 Å². The van der Waals surface area contributed by atoms with Gasteiger partial charge in [-0.05, 0) is 23.6 Å². The first-order valence-electron chi connectivity index (χ1n) is 9.45. The van der Waals surface area contributed by atoms with Crippen molar-refractivity contribution < 1.29 is 9.72 Å². The number of benzene rings is 2. The highest BCUT2D eigenvalue weighted by molar-refractivity contribution is 8.13. The minimum Gasteiger partial charge on any atom is -0.292 e. The molecule has 8 heteroatoms. The average molecular weight is 408 g/mol. The molecule has 2 heterocycles. The second kappa shape index (κ2) is 7.79. The smallest absolute Gasteiger partial charge is 0.271 e. The molecule has 2 unspecified atom stereocenters. The number of carbonyl (C=O) groups is 1. The van der Waals surface area contributed by atoms with E-state index in [0.717, 1.165) is 28.4 Å². The predicted octanol–water partition coefficient (Wildman–Crippen LogP) is 4.53. The van der Waals surface area contributed by atoms with Crippen LogP contribution in [0.4, 0.5) is 11.4 Å². The summed E-state index contributed by atoms with van der Waals surface area (Å²) in [6.07, 6.45) is 0.859. The molecular weight excluding hydrogens is 388 g/mol. The maximum absolute atomic E-state index is 12.7. The fourth-order valence-electron chi connectivity index (χ4n) is 3.47. The number of non-ortho nitro benzene ring substituents is 1. The normalized spacial score (nSPS) is 18.6. The molecule has 0 aromatic heterocycles. The molecule has 29 heavy (non-hydrogen) atoms. The summed E-state index contributed by atoms with van der Waals surface area (Å²) in [5, 5.41) is 11.6. The van der Waals surface area contributed by atoms with Crippen LogP contribution in [-0.4, -0.2) is 32.8 Å². The van der Waals surface area contributed by atoms with Crippen molar-refractivity contribution in [3.8, 4) is 0 Å². The van der Waals surface area contributed by atoms with Crippen molar-refractivity contribution in [1.82, 2.24) is 4.90 Å². The summed E-state index contributed by atoms with van der Waals surface area (Å²) in [7, 11) is 0. The summed E-state index contributed by atoms with van der Waals surface area (Å²) < 4.78 is 0. The van der Waals surface area contributed by atoms with Crippen molar-refractivity contribution in [1.29, 1.82) is 0 Å². The summed E-state index contributed by atoms with van der Waals surface area (Å²) in [6, 6.07) is 13.8. The van der Waals surface area contributed by atoms with E-state index in [2.05, 4.69) is 18.8 Å². The van der Waals surface area contributed by atoms with E-state index in [1.54, 1.807) is 12.1 Å². The zero-order valence-electron chi connectivity index (χ0n) is 16.1. The number of nitro benzene ring substituents is 1. The van der Waals surface area contributed by atoms with Crippen LogP contribution in [0.25, 0.3) is 0 Å². The van der Waals surface area contributed by atoms with E-state index in [1.165, 1.54) is 23.9 Å². The number of aliphatic imine (C=N–C) groups is 2. The first-order valence-corrected chi connectivity index (χ1v) is 10.4. The van der Waals surface area contributed by atoms with Gasteiger partial charge in [0.25, 0.3) is 11.6 Å². The number of hydrogen-bond acceptors (Lipinski definition) is 6. The van der Waals surface area contributed by atoms with E-state index < -0.39 is 4.92 Å². The second-order valence-electron chi connectivity index (χ2n) is 7.10. The molecule has 7 nitrogen and oxygen atoms in total. The van der Waals surface area contributed by atoms with Gasteiger partial charge in [0.05, 0.1) is 10.6 Å². The number of amidine groups is 2. The van der Waals surface area contributed by atoms with E-state index in [4.69, 9.17) is 4.99 Å². The van der Waals surface area contributed by atoms with E-state index in [-0.39, 0.29) is 23.6 Å². The number of amides is 1. The fraction of sp³-hybridized carbons (Fsp3) is 0.286. The standard InChI is InChI=1S/C21H20N4O3S/c1-3-13(2)18-20(26)23-19-16-6-4-5-7-17(16)22-21(24(18)19)29-12-14-8-10-15(11-9-14)25(27)28/h4-11,13,18H,3,12H2,1-2H3. The second-order valence-corrected chi connectivity index (χ2v) is 8.04. The zero-order valence-corrected chi connectivity index (χ0v) is 16.9. The molecule has 0 bridgehead atoms. The minimum absolute atomic E-state index is 0.0686. The summed E-state index contributed by atoms with van der Waals surface area (Å²) in [6.45, 7) is 4.12. The lowest BCUT2D eigenvalue weighted by atomic mass is 9.97. The summed E-state index contributed by atoms with van der Waals surface area (Å²) in [5.74, 6) is 1.26. The van der Waals surface area contributed by atoms with E-state index in [1.807, 2.05) is 29.2 Å². The molecule has 0 saturated heterocycles.